The Balaban J connectivity index is 1.83. The smallest absolute Gasteiger partial charge is 0.0532 e. The maximum Gasteiger partial charge on any atom is 0.0532 e. The van der Waals surface area contributed by atoms with Crippen LogP contribution in [0.2, 0.25) is 0 Å². The normalized spacial score (nSPS) is 14.9. The van der Waals surface area contributed by atoms with E-state index in [1.807, 2.05) is 11.3 Å². The van der Waals surface area contributed by atoms with E-state index in [2.05, 4.69) is 48.9 Å². The van der Waals surface area contributed by atoms with Gasteiger partial charge in [0.25, 0.3) is 0 Å². The van der Waals surface area contributed by atoms with Gasteiger partial charge >= 0.3 is 0 Å². The molecule has 1 atom stereocenters. The number of hydrogen-bond acceptors (Lipinski definition) is 2. The van der Waals surface area contributed by atoms with E-state index in [0.29, 0.717) is 0 Å². The minimum Gasteiger partial charge on any atom is -0.343 e. The molecule has 1 aliphatic carbocycles. The third-order valence-electron chi connectivity index (χ3n) is 4.78. The molecule has 0 fully saturated rings. The highest BCUT2D eigenvalue weighted by Gasteiger charge is 2.24. The Kier molecular flexibility index (Phi) is 3.35. The van der Waals surface area contributed by atoms with Crippen molar-refractivity contribution in [3.63, 3.8) is 0 Å². The number of benzene rings is 1. The average Bonchev–Trinajstić information content (AvgIpc) is 3.05. The van der Waals surface area contributed by atoms with Crippen LogP contribution >= 0.6 is 11.3 Å². The number of fused-ring (bicyclic) bond motifs is 5. The molecule has 2 heterocycles. The van der Waals surface area contributed by atoms with Crippen LogP contribution in [0, 0.1) is 0 Å². The van der Waals surface area contributed by atoms with Gasteiger partial charge in [-0.25, -0.2) is 0 Å². The number of rotatable bonds is 3. The van der Waals surface area contributed by atoms with Crippen LogP contribution in [0.4, 0.5) is 0 Å². The minimum absolute atomic E-state index is 0.285. The highest BCUT2D eigenvalue weighted by Crippen LogP contribution is 2.43. The van der Waals surface area contributed by atoms with E-state index in [1.54, 1.807) is 4.88 Å². The number of nitrogens with zero attached hydrogens (tertiary/aromatic N) is 1. The molecule has 1 aliphatic rings. The van der Waals surface area contributed by atoms with Crippen LogP contribution in [-0.2, 0) is 26.3 Å². The molecule has 0 radical (unpaired) electrons. The van der Waals surface area contributed by atoms with Gasteiger partial charge in [-0.2, -0.15) is 0 Å². The molecular weight excluding hydrogens is 288 g/mol. The Bertz CT molecular complexity index is 839. The van der Waals surface area contributed by atoms with Crippen LogP contribution < -0.4 is 5.73 Å². The Hall–Kier alpha value is -1.58. The molecule has 3 heteroatoms. The Labute approximate surface area is 135 Å². The zero-order valence-corrected chi connectivity index (χ0v) is 14.0. The summed E-state index contributed by atoms with van der Waals surface area (Å²) in [7, 11) is 2.20. The Morgan fingerprint density at radius 1 is 1.27 bits per heavy atom. The average molecular weight is 310 g/mol. The topological polar surface area (TPSA) is 30.9 Å². The van der Waals surface area contributed by atoms with Gasteiger partial charge in [-0.15, -0.1) is 11.3 Å². The summed E-state index contributed by atoms with van der Waals surface area (Å²) in [6, 6.07) is 11.5. The summed E-state index contributed by atoms with van der Waals surface area (Å²) >= 11 is 1.99. The van der Waals surface area contributed by atoms with Gasteiger partial charge < -0.3 is 10.3 Å². The lowest BCUT2D eigenvalue weighted by Crippen LogP contribution is -2.14. The van der Waals surface area contributed by atoms with E-state index in [1.165, 1.54) is 39.0 Å². The van der Waals surface area contributed by atoms with Crippen molar-refractivity contribution in [2.24, 2.45) is 12.8 Å². The zero-order chi connectivity index (χ0) is 15.3. The van der Waals surface area contributed by atoms with Gasteiger partial charge in [-0.05, 0) is 50.3 Å². The number of aryl methyl sites for hydroxylation is 4. The van der Waals surface area contributed by atoms with Crippen molar-refractivity contribution < 1.29 is 0 Å². The fourth-order valence-corrected chi connectivity index (χ4v) is 4.85. The van der Waals surface area contributed by atoms with Crippen molar-refractivity contribution >= 4 is 22.2 Å². The molecule has 0 saturated heterocycles. The summed E-state index contributed by atoms with van der Waals surface area (Å²) in [5.41, 5.74) is 11.7. The van der Waals surface area contributed by atoms with E-state index >= 15 is 0 Å². The third kappa shape index (κ3) is 2.11. The fraction of sp³-hybridized carbons (Fsp3) is 0.368. The first-order chi connectivity index (χ1) is 10.6. The lowest BCUT2D eigenvalue weighted by molar-refractivity contribution is 0.670. The van der Waals surface area contributed by atoms with E-state index in [0.717, 1.165) is 19.3 Å². The predicted molar refractivity (Wildman–Crippen MR) is 95.6 cm³/mol. The monoisotopic (exact) mass is 310 g/mol. The van der Waals surface area contributed by atoms with Gasteiger partial charge in [-0.1, -0.05) is 18.2 Å². The minimum atomic E-state index is 0.285. The predicted octanol–water partition coefficient (Wildman–Crippen LogP) is 4.29. The molecule has 2 N–H and O–H groups in total. The molecule has 4 rings (SSSR count). The second-order valence-electron chi connectivity index (χ2n) is 6.47. The lowest BCUT2D eigenvalue weighted by atomic mass is 9.94. The quantitative estimate of drug-likeness (QED) is 0.769. The summed E-state index contributed by atoms with van der Waals surface area (Å²) in [4.78, 5) is 3.04. The first-order valence-electron chi connectivity index (χ1n) is 8.09. The number of nitrogens with two attached hydrogens (primary N) is 1. The zero-order valence-electron chi connectivity index (χ0n) is 13.2. The van der Waals surface area contributed by atoms with Crippen molar-refractivity contribution in [3.8, 4) is 11.3 Å². The van der Waals surface area contributed by atoms with Crippen LogP contribution in [0.25, 0.3) is 22.2 Å². The summed E-state index contributed by atoms with van der Waals surface area (Å²) in [5.74, 6) is 0. The van der Waals surface area contributed by atoms with Gasteiger partial charge in [-0.3, -0.25) is 0 Å². The molecule has 2 nitrogen and oxygen atoms in total. The summed E-state index contributed by atoms with van der Waals surface area (Å²) in [6.45, 7) is 2.09. The lowest BCUT2D eigenvalue weighted by Gasteiger charge is -2.14. The summed E-state index contributed by atoms with van der Waals surface area (Å²) in [6.07, 6.45) is 4.52. The van der Waals surface area contributed by atoms with Gasteiger partial charge in [0, 0.05) is 39.3 Å². The number of hydrogen-bond donors (Lipinski definition) is 1. The van der Waals surface area contributed by atoms with Gasteiger partial charge in [0.2, 0.25) is 0 Å². The Morgan fingerprint density at radius 2 is 2.09 bits per heavy atom. The SMILES string of the molecule is CC(N)CCc1cc2c(s1)CCc1c-2n(C)c2ccccc12. The maximum atomic E-state index is 5.91. The molecule has 1 unspecified atom stereocenters. The van der Waals surface area contributed by atoms with Crippen LogP contribution in [0.1, 0.15) is 28.7 Å². The first-order valence-corrected chi connectivity index (χ1v) is 8.90. The van der Waals surface area contributed by atoms with Crippen LogP contribution in [0.15, 0.2) is 30.3 Å². The largest absolute Gasteiger partial charge is 0.343 e. The van der Waals surface area contributed by atoms with E-state index < -0.39 is 0 Å². The van der Waals surface area contributed by atoms with Gasteiger partial charge in [0.1, 0.15) is 0 Å². The second kappa shape index (κ2) is 5.25. The van der Waals surface area contributed by atoms with Gasteiger partial charge in [0.15, 0.2) is 0 Å². The molecule has 0 bridgehead atoms. The van der Waals surface area contributed by atoms with Crippen molar-refractivity contribution in [3.05, 3.63) is 45.6 Å². The maximum absolute atomic E-state index is 5.91. The molecule has 22 heavy (non-hydrogen) atoms. The fourth-order valence-electron chi connectivity index (χ4n) is 3.67. The standard InChI is InChI=1S/C19H22N2S/c1-12(20)7-8-13-11-16-18(22-13)10-9-15-14-5-3-4-6-17(14)21(2)19(15)16/h3-6,11-12H,7-10,20H2,1-2H3. The summed E-state index contributed by atoms with van der Waals surface area (Å²) < 4.78 is 2.38. The van der Waals surface area contributed by atoms with Crippen molar-refractivity contribution in [2.45, 2.75) is 38.6 Å². The molecule has 0 saturated carbocycles. The van der Waals surface area contributed by atoms with Crippen LogP contribution in [0.3, 0.4) is 0 Å². The molecule has 2 aromatic heterocycles. The van der Waals surface area contributed by atoms with E-state index in [9.17, 15) is 0 Å². The molecule has 0 spiro atoms. The first kappa shape index (κ1) is 14.0. The molecule has 3 aromatic rings. The number of thiophene rings is 1. The number of para-hydroxylation sites is 1. The van der Waals surface area contributed by atoms with Crippen molar-refractivity contribution in [2.75, 3.05) is 0 Å². The van der Waals surface area contributed by atoms with Crippen LogP contribution in [0.5, 0.6) is 0 Å². The Morgan fingerprint density at radius 3 is 2.91 bits per heavy atom. The highest BCUT2D eigenvalue weighted by atomic mass is 32.1. The van der Waals surface area contributed by atoms with E-state index in [-0.39, 0.29) is 6.04 Å². The van der Waals surface area contributed by atoms with Gasteiger partial charge in [0.05, 0.1) is 5.69 Å². The third-order valence-corrected chi connectivity index (χ3v) is 6.03. The molecular formula is C19H22N2S. The summed E-state index contributed by atoms with van der Waals surface area (Å²) in [5, 5.41) is 1.42. The highest BCUT2D eigenvalue weighted by molar-refractivity contribution is 7.12. The van der Waals surface area contributed by atoms with Crippen molar-refractivity contribution in [1.82, 2.24) is 4.57 Å². The van der Waals surface area contributed by atoms with E-state index in [4.69, 9.17) is 5.73 Å². The second-order valence-corrected chi connectivity index (χ2v) is 7.69. The molecule has 1 aromatic carbocycles. The molecule has 114 valence electrons. The van der Waals surface area contributed by atoms with Crippen LogP contribution in [-0.4, -0.2) is 10.6 Å². The molecule has 0 amide bonds. The number of aromatic nitrogens is 1. The van der Waals surface area contributed by atoms with Crippen molar-refractivity contribution in [1.29, 1.82) is 0 Å². The molecule has 0 aliphatic heterocycles.